The van der Waals surface area contributed by atoms with Crippen LogP contribution in [0, 0.1) is 5.82 Å². The van der Waals surface area contributed by atoms with Gasteiger partial charge in [0.05, 0.1) is 6.04 Å². The molecule has 0 heterocycles. The lowest BCUT2D eigenvalue weighted by molar-refractivity contribution is 0.600. The van der Waals surface area contributed by atoms with E-state index in [2.05, 4.69) is 5.32 Å². The van der Waals surface area contributed by atoms with Gasteiger partial charge in [0.15, 0.2) is 0 Å². The monoisotopic (exact) mass is 291 g/mol. The van der Waals surface area contributed by atoms with Gasteiger partial charge in [-0.1, -0.05) is 30.3 Å². The number of nitrogens with one attached hydrogen (secondary N) is 1. The normalized spacial score (nSPS) is 13.8. The van der Waals surface area contributed by atoms with E-state index in [0.29, 0.717) is 11.3 Å². The van der Waals surface area contributed by atoms with Gasteiger partial charge in [-0.15, -0.1) is 0 Å². The van der Waals surface area contributed by atoms with Crippen LogP contribution in [-0.4, -0.2) is 10.5 Å². The van der Waals surface area contributed by atoms with E-state index in [1.807, 2.05) is 37.3 Å². The van der Waals surface area contributed by atoms with Crippen molar-refractivity contribution < 1.29 is 8.60 Å². The van der Waals surface area contributed by atoms with E-state index in [0.717, 1.165) is 11.3 Å². The van der Waals surface area contributed by atoms with Crippen LogP contribution in [0.4, 0.5) is 10.1 Å². The van der Waals surface area contributed by atoms with Gasteiger partial charge in [0.25, 0.3) is 0 Å². The van der Waals surface area contributed by atoms with Gasteiger partial charge in [-0.2, -0.15) is 0 Å². The number of anilines is 1. The zero-order valence-corrected chi connectivity index (χ0v) is 12.4. The topological polar surface area (TPSA) is 29.1 Å². The van der Waals surface area contributed by atoms with E-state index in [4.69, 9.17) is 0 Å². The van der Waals surface area contributed by atoms with Crippen molar-refractivity contribution in [1.82, 2.24) is 0 Å². The van der Waals surface area contributed by atoms with Crippen LogP contribution in [0.1, 0.15) is 24.1 Å². The number of benzene rings is 2. The third-order valence-corrected chi connectivity index (χ3v) is 3.79. The summed E-state index contributed by atoms with van der Waals surface area (Å²) in [5, 5.41) is 3.27. The van der Waals surface area contributed by atoms with Crippen LogP contribution in [0.5, 0.6) is 0 Å². The van der Waals surface area contributed by atoms with E-state index < -0.39 is 10.8 Å². The summed E-state index contributed by atoms with van der Waals surface area (Å²) in [5.41, 5.74) is 2.55. The molecule has 0 unspecified atom stereocenters. The molecular formula is C16H18FNOS. The Kier molecular flexibility index (Phi) is 4.90. The second-order valence-corrected chi connectivity index (χ2v) is 6.24. The third-order valence-electron chi connectivity index (χ3n) is 3.05. The molecule has 2 rings (SSSR count). The molecule has 0 spiro atoms. The second-order valence-electron chi connectivity index (χ2n) is 4.81. The summed E-state index contributed by atoms with van der Waals surface area (Å²) in [4.78, 5) is 0. The van der Waals surface area contributed by atoms with Crippen molar-refractivity contribution in [2.24, 2.45) is 0 Å². The predicted octanol–water partition coefficient (Wildman–Crippen LogP) is 3.88. The van der Waals surface area contributed by atoms with Crippen LogP contribution in [0.15, 0.2) is 48.5 Å². The summed E-state index contributed by atoms with van der Waals surface area (Å²) >= 11 is 0. The zero-order valence-electron chi connectivity index (χ0n) is 11.6. The molecule has 0 saturated heterocycles. The maximum Gasteiger partial charge on any atom is 0.128 e. The summed E-state index contributed by atoms with van der Waals surface area (Å²) in [6.07, 6.45) is 1.68. The van der Waals surface area contributed by atoms with E-state index in [9.17, 15) is 8.60 Å². The van der Waals surface area contributed by atoms with Crippen LogP contribution >= 0.6 is 0 Å². The summed E-state index contributed by atoms with van der Waals surface area (Å²) < 4.78 is 25.0. The van der Waals surface area contributed by atoms with Crippen molar-refractivity contribution in [3.05, 3.63) is 65.5 Å². The molecule has 2 aromatic carbocycles. The Bertz CT molecular complexity index is 615. The summed E-state index contributed by atoms with van der Waals surface area (Å²) in [7, 11) is -0.865. The standard InChI is InChI=1S/C16H18FNOS/c1-12(15-8-3-4-9-16(15)17)18-14-7-5-6-13(10-14)11-20(2)19/h3-10,12,18H,11H2,1-2H3/t12-,20+/m1/s1. The number of hydrogen-bond acceptors (Lipinski definition) is 2. The third kappa shape index (κ3) is 3.90. The molecule has 4 heteroatoms. The van der Waals surface area contributed by atoms with E-state index in [1.54, 1.807) is 18.4 Å². The molecule has 0 amide bonds. The zero-order chi connectivity index (χ0) is 14.5. The Morgan fingerprint density at radius 1 is 1.20 bits per heavy atom. The molecule has 2 atom stereocenters. The Balaban J connectivity index is 2.13. The minimum absolute atomic E-state index is 0.126. The Labute approximate surface area is 121 Å². The Morgan fingerprint density at radius 3 is 2.65 bits per heavy atom. The van der Waals surface area contributed by atoms with Crippen molar-refractivity contribution in [3.8, 4) is 0 Å². The van der Waals surface area contributed by atoms with Gasteiger partial charge in [-0.05, 0) is 30.7 Å². The van der Waals surface area contributed by atoms with Gasteiger partial charge >= 0.3 is 0 Å². The lowest BCUT2D eigenvalue weighted by Crippen LogP contribution is -2.08. The minimum Gasteiger partial charge on any atom is -0.378 e. The number of halogens is 1. The van der Waals surface area contributed by atoms with Crippen LogP contribution in [0.3, 0.4) is 0 Å². The van der Waals surface area contributed by atoms with Gasteiger partial charge in [-0.25, -0.2) is 4.39 Å². The first-order valence-corrected chi connectivity index (χ1v) is 8.19. The highest BCUT2D eigenvalue weighted by Crippen LogP contribution is 2.22. The van der Waals surface area contributed by atoms with Crippen LogP contribution < -0.4 is 5.32 Å². The Hall–Kier alpha value is -1.68. The largest absolute Gasteiger partial charge is 0.378 e. The number of hydrogen-bond donors (Lipinski definition) is 1. The average Bonchev–Trinajstić information content (AvgIpc) is 2.38. The predicted molar refractivity (Wildman–Crippen MR) is 82.7 cm³/mol. The summed E-state index contributed by atoms with van der Waals surface area (Å²) in [5.74, 6) is 0.321. The summed E-state index contributed by atoms with van der Waals surface area (Å²) in [6.45, 7) is 1.92. The highest BCUT2D eigenvalue weighted by Gasteiger charge is 2.10. The second kappa shape index (κ2) is 6.66. The van der Waals surface area contributed by atoms with Crippen molar-refractivity contribution in [1.29, 1.82) is 0 Å². The molecule has 0 fully saturated rings. The van der Waals surface area contributed by atoms with Gasteiger partial charge in [0, 0.05) is 34.1 Å². The van der Waals surface area contributed by atoms with Crippen LogP contribution in [0.2, 0.25) is 0 Å². The molecule has 2 nitrogen and oxygen atoms in total. The van der Waals surface area contributed by atoms with Crippen LogP contribution in [-0.2, 0) is 16.6 Å². The molecule has 0 bridgehead atoms. The van der Waals surface area contributed by atoms with Crippen molar-refractivity contribution in [2.75, 3.05) is 11.6 Å². The molecule has 0 aromatic heterocycles. The molecule has 0 aliphatic heterocycles. The molecule has 0 saturated carbocycles. The minimum atomic E-state index is -0.865. The van der Waals surface area contributed by atoms with Gasteiger partial charge in [-0.3, -0.25) is 4.21 Å². The molecule has 1 N–H and O–H groups in total. The van der Waals surface area contributed by atoms with E-state index in [-0.39, 0.29) is 11.9 Å². The van der Waals surface area contributed by atoms with E-state index in [1.165, 1.54) is 6.07 Å². The lowest BCUT2D eigenvalue weighted by atomic mass is 10.1. The van der Waals surface area contributed by atoms with Gasteiger partial charge < -0.3 is 5.32 Å². The summed E-state index contributed by atoms with van der Waals surface area (Å²) in [6, 6.07) is 14.4. The fraction of sp³-hybridized carbons (Fsp3) is 0.250. The SMILES string of the molecule is C[C@@H](Nc1cccc(C[S@](C)=O)c1)c1ccccc1F. The first kappa shape index (κ1) is 14.7. The fourth-order valence-electron chi connectivity index (χ4n) is 2.14. The molecule has 20 heavy (non-hydrogen) atoms. The molecule has 0 aliphatic carbocycles. The molecule has 2 aromatic rings. The van der Waals surface area contributed by atoms with Crippen molar-refractivity contribution in [3.63, 3.8) is 0 Å². The lowest BCUT2D eigenvalue weighted by Gasteiger charge is -2.17. The first-order valence-electron chi connectivity index (χ1n) is 6.46. The molecule has 0 aliphatic rings. The molecule has 106 valence electrons. The fourth-order valence-corrected chi connectivity index (χ4v) is 2.79. The highest BCUT2D eigenvalue weighted by molar-refractivity contribution is 7.83. The van der Waals surface area contributed by atoms with Gasteiger partial charge in [0.1, 0.15) is 5.82 Å². The van der Waals surface area contributed by atoms with E-state index >= 15 is 0 Å². The Morgan fingerprint density at radius 2 is 1.95 bits per heavy atom. The quantitative estimate of drug-likeness (QED) is 0.906. The van der Waals surface area contributed by atoms with Crippen molar-refractivity contribution in [2.45, 2.75) is 18.7 Å². The molecule has 0 radical (unpaired) electrons. The first-order chi connectivity index (χ1) is 9.56. The number of rotatable bonds is 5. The smallest absolute Gasteiger partial charge is 0.128 e. The average molecular weight is 291 g/mol. The molecular weight excluding hydrogens is 273 g/mol. The van der Waals surface area contributed by atoms with Crippen molar-refractivity contribution >= 4 is 16.5 Å². The van der Waals surface area contributed by atoms with Gasteiger partial charge in [0.2, 0.25) is 0 Å². The maximum absolute atomic E-state index is 13.7. The van der Waals surface area contributed by atoms with Crippen LogP contribution in [0.25, 0.3) is 0 Å². The highest BCUT2D eigenvalue weighted by atomic mass is 32.2. The maximum atomic E-state index is 13.7.